The van der Waals surface area contributed by atoms with E-state index in [4.69, 9.17) is 14.2 Å². The van der Waals surface area contributed by atoms with Gasteiger partial charge in [0.2, 0.25) is 0 Å². The Morgan fingerprint density at radius 3 is 2.32 bits per heavy atom. The number of carbonyl (C=O) groups excluding carboxylic acids is 1. The van der Waals surface area contributed by atoms with Crippen LogP contribution in [0.5, 0.6) is 17.2 Å². The first-order chi connectivity index (χ1) is 14.9. The summed E-state index contributed by atoms with van der Waals surface area (Å²) in [6.45, 7) is 3.70. The standard InChI is InChI=1S/C25H22F2O4/c1-25(2)22(23(25)31-20-11-7-6-10-18(20)26)24(28)29-15-16-12-13-19(27)21(14-16)30-17-8-4-3-5-9-17/h3-14,22-23H,15H2,1-2H3. The lowest BCUT2D eigenvalue weighted by molar-refractivity contribution is -0.147. The SMILES string of the molecule is CC1(C)C(Oc2ccccc2F)C1C(=O)OCc1ccc(F)c(Oc2ccccc2)c1. The molecule has 0 radical (unpaired) electrons. The molecule has 0 saturated heterocycles. The van der Waals surface area contributed by atoms with Crippen LogP contribution in [0.25, 0.3) is 0 Å². The Morgan fingerprint density at radius 1 is 0.903 bits per heavy atom. The summed E-state index contributed by atoms with van der Waals surface area (Å²) in [7, 11) is 0. The molecule has 1 aliphatic carbocycles. The number of para-hydroxylation sites is 2. The molecule has 3 aromatic carbocycles. The number of halogens is 2. The Bertz CT molecular complexity index is 1080. The van der Waals surface area contributed by atoms with E-state index in [1.807, 2.05) is 19.9 Å². The predicted octanol–water partition coefficient (Wildman–Crippen LogP) is 5.90. The van der Waals surface area contributed by atoms with Crippen LogP contribution >= 0.6 is 0 Å². The number of hydrogen-bond acceptors (Lipinski definition) is 4. The molecular weight excluding hydrogens is 402 g/mol. The summed E-state index contributed by atoms with van der Waals surface area (Å²) in [6, 6.07) is 19.2. The molecule has 0 N–H and O–H groups in total. The maximum atomic E-state index is 14.1. The van der Waals surface area contributed by atoms with Gasteiger partial charge in [0.25, 0.3) is 0 Å². The van der Waals surface area contributed by atoms with Crippen molar-refractivity contribution in [3.05, 3.63) is 90.0 Å². The van der Waals surface area contributed by atoms with E-state index in [2.05, 4.69) is 0 Å². The molecule has 2 atom stereocenters. The Morgan fingerprint density at radius 2 is 1.58 bits per heavy atom. The van der Waals surface area contributed by atoms with Crippen molar-refractivity contribution in [1.29, 1.82) is 0 Å². The van der Waals surface area contributed by atoms with Gasteiger partial charge < -0.3 is 14.2 Å². The zero-order valence-corrected chi connectivity index (χ0v) is 17.2. The normalized spacial score (nSPS) is 18.8. The minimum absolute atomic E-state index is 0.0384. The van der Waals surface area contributed by atoms with Crippen LogP contribution in [0.4, 0.5) is 8.78 Å². The van der Waals surface area contributed by atoms with E-state index in [9.17, 15) is 13.6 Å². The highest BCUT2D eigenvalue weighted by Gasteiger charge is 2.65. The summed E-state index contributed by atoms with van der Waals surface area (Å²) in [5, 5.41) is 0. The number of carbonyl (C=O) groups is 1. The van der Waals surface area contributed by atoms with Crippen LogP contribution in [-0.4, -0.2) is 12.1 Å². The summed E-state index contributed by atoms with van der Waals surface area (Å²) in [5.74, 6) is -1.29. The highest BCUT2D eigenvalue weighted by atomic mass is 19.1. The van der Waals surface area contributed by atoms with Crippen molar-refractivity contribution in [3.8, 4) is 17.2 Å². The Kier molecular flexibility index (Phi) is 5.63. The second-order valence-corrected chi connectivity index (χ2v) is 8.06. The topological polar surface area (TPSA) is 44.8 Å². The van der Waals surface area contributed by atoms with E-state index < -0.39 is 35.0 Å². The van der Waals surface area contributed by atoms with Gasteiger partial charge >= 0.3 is 5.97 Å². The lowest BCUT2D eigenvalue weighted by Gasteiger charge is -2.10. The third kappa shape index (κ3) is 4.53. The minimum atomic E-state index is -0.521. The van der Waals surface area contributed by atoms with Gasteiger partial charge in [-0.05, 0) is 42.0 Å². The molecule has 0 heterocycles. The van der Waals surface area contributed by atoms with Gasteiger partial charge in [0, 0.05) is 5.41 Å². The van der Waals surface area contributed by atoms with Gasteiger partial charge in [-0.15, -0.1) is 0 Å². The third-order valence-electron chi connectivity index (χ3n) is 5.42. The van der Waals surface area contributed by atoms with Crippen LogP contribution in [0.3, 0.4) is 0 Å². The fraction of sp³-hybridized carbons (Fsp3) is 0.240. The van der Waals surface area contributed by atoms with E-state index in [0.717, 1.165) is 0 Å². The number of rotatable bonds is 7. The predicted molar refractivity (Wildman–Crippen MR) is 111 cm³/mol. The van der Waals surface area contributed by atoms with Crippen molar-refractivity contribution in [2.45, 2.75) is 26.6 Å². The van der Waals surface area contributed by atoms with Gasteiger partial charge in [0.15, 0.2) is 23.1 Å². The molecule has 0 aliphatic heterocycles. The molecule has 1 aliphatic rings. The average Bonchev–Trinajstić information content (AvgIpc) is 3.30. The van der Waals surface area contributed by atoms with Crippen LogP contribution in [0.15, 0.2) is 72.8 Å². The van der Waals surface area contributed by atoms with Gasteiger partial charge in [-0.2, -0.15) is 0 Å². The number of esters is 1. The van der Waals surface area contributed by atoms with Crippen LogP contribution in [0.2, 0.25) is 0 Å². The molecule has 2 unspecified atom stereocenters. The van der Waals surface area contributed by atoms with Gasteiger partial charge in [-0.3, -0.25) is 4.79 Å². The fourth-order valence-electron chi connectivity index (χ4n) is 3.49. The quantitative estimate of drug-likeness (QED) is 0.443. The molecule has 0 amide bonds. The second kappa shape index (κ2) is 8.38. The van der Waals surface area contributed by atoms with E-state index in [1.165, 1.54) is 30.3 Å². The van der Waals surface area contributed by atoms with Crippen LogP contribution < -0.4 is 9.47 Å². The Labute approximate surface area is 179 Å². The lowest BCUT2D eigenvalue weighted by atomic mass is 10.1. The van der Waals surface area contributed by atoms with Crippen LogP contribution in [0.1, 0.15) is 19.4 Å². The lowest BCUT2D eigenvalue weighted by Crippen LogP contribution is -2.13. The van der Waals surface area contributed by atoms with Crippen LogP contribution in [0, 0.1) is 23.0 Å². The smallest absolute Gasteiger partial charge is 0.313 e. The first-order valence-electron chi connectivity index (χ1n) is 9.95. The summed E-state index contributed by atoms with van der Waals surface area (Å²) in [6.07, 6.45) is -0.484. The summed E-state index contributed by atoms with van der Waals surface area (Å²) < 4.78 is 44.7. The highest BCUT2D eigenvalue weighted by molar-refractivity contribution is 5.78. The van der Waals surface area contributed by atoms with Crippen molar-refractivity contribution in [2.24, 2.45) is 11.3 Å². The Balaban J connectivity index is 1.38. The van der Waals surface area contributed by atoms with Crippen molar-refractivity contribution >= 4 is 5.97 Å². The van der Waals surface area contributed by atoms with E-state index >= 15 is 0 Å². The number of hydrogen-bond donors (Lipinski definition) is 0. The monoisotopic (exact) mass is 424 g/mol. The first-order valence-corrected chi connectivity index (χ1v) is 9.95. The molecule has 160 valence electrons. The van der Waals surface area contributed by atoms with E-state index in [-0.39, 0.29) is 18.1 Å². The molecule has 0 spiro atoms. The van der Waals surface area contributed by atoms with E-state index in [1.54, 1.807) is 36.4 Å². The molecule has 6 heteroatoms. The minimum Gasteiger partial charge on any atom is -0.486 e. The number of benzene rings is 3. The first kappa shape index (κ1) is 20.8. The maximum absolute atomic E-state index is 14.1. The zero-order valence-electron chi connectivity index (χ0n) is 17.2. The van der Waals surface area contributed by atoms with Crippen molar-refractivity contribution < 1.29 is 27.8 Å². The number of ether oxygens (including phenoxy) is 3. The molecule has 31 heavy (non-hydrogen) atoms. The molecule has 1 saturated carbocycles. The zero-order chi connectivity index (χ0) is 22.0. The summed E-state index contributed by atoms with van der Waals surface area (Å²) in [4.78, 5) is 12.6. The molecule has 3 aromatic rings. The highest BCUT2D eigenvalue weighted by Crippen LogP contribution is 2.54. The molecule has 0 aromatic heterocycles. The average molecular weight is 424 g/mol. The van der Waals surface area contributed by atoms with Crippen molar-refractivity contribution in [3.63, 3.8) is 0 Å². The van der Waals surface area contributed by atoms with Gasteiger partial charge in [0.1, 0.15) is 24.4 Å². The molecular formula is C25H22F2O4. The van der Waals surface area contributed by atoms with Crippen LogP contribution in [-0.2, 0) is 16.1 Å². The summed E-state index contributed by atoms with van der Waals surface area (Å²) >= 11 is 0. The van der Waals surface area contributed by atoms with Gasteiger partial charge in [-0.25, -0.2) is 8.78 Å². The molecule has 4 rings (SSSR count). The van der Waals surface area contributed by atoms with E-state index in [0.29, 0.717) is 11.3 Å². The second-order valence-electron chi connectivity index (χ2n) is 8.06. The molecule has 4 nitrogen and oxygen atoms in total. The fourth-order valence-corrected chi connectivity index (χ4v) is 3.49. The third-order valence-corrected chi connectivity index (χ3v) is 5.42. The molecule has 1 fully saturated rings. The molecule has 0 bridgehead atoms. The van der Waals surface area contributed by atoms with Crippen molar-refractivity contribution in [1.82, 2.24) is 0 Å². The largest absolute Gasteiger partial charge is 0.486 e. The summed E-state index contributed by atoms with van der Waals surface area (Å²) in [5.41, 5.74) is 0.106. The maximum Gasteiger partial charge on any atom is 0.313 e. The van der Waals surface area contributed by atoms with Gasteiger partial charge in [-0.1, -0.05) is 50.2 Å². The Hall–Kier alpha value is -3.41. The van der Waals surface area contributed by atoms with Crippen molar-refractivity contribution in [2.75, 3.05) is 0 Å². The van der Waals surface area contributed by atoms with Gasteiger partial charge in [0.05, 0.1) is 0 Å².